The summed E-state index contributed by atoms with van der Waals surface area (Å²) < 4.78 is 10.6. The Morgan fingerprint density at radius 1 is 1.31 bits per heavy atom. The van der Waals surface area contributed by atoms with Crippen molar-refractivity contribution in [3.05, 3.63) is 12.2 Å². The molecule has 0 saturated heterocycles. The van der Waals surface area contributed by atoms with E-state index in [0.29, 0.717) is 19.1 Å². The highest BCUT2D eigenvalue weighted by Gasteiger charge is 2.14. The maximum Gasteiger partial charge on any atom is 0.0647 e. The summed E-state index contributed by atoms with van der Waals surface area (Å²) >= 11 is 5.45. The Morgan fingerprint density at radius 3 is 2.54 bits per heavy atom. The van der Waals surface area contributed by atoms with E-state index >= 15 is 0 Å². The van der Waals surface area contributed by atoms with Gasteiger partial charge >= 0.3 is 0 Å². The number of methoxy groups -OCH3 is 1. The topological polar surface area (TPSA) is 18.5 Å². The van der Waals surface area contributed by atoms with E-state index in [1.807, 2.05) is 26.0 Å². The molecule has 0 aromatic heterocycles. The molecule has 0 saturated carbocycles. The van der Waals surface area contributed by atoms with Crippen molar-refractivity contribution in [2.75, 3.05) is 26.2 Å². The summed E-state index contributed by atoms with van der Waals surface area (Å²) in [5.41, 5.74) is -0.0871. The minimum atomic E-state index is -0.0871. The monoisotopic (exact) mass is 206 g/mol. The van der Waals surface area contributed by atoms with Crippen LogP contribution in [0.5, 0.6) is 0 Å². The first-order valence-electron chi connectivity index (χ1n) is 4.46. The first kappa shape index (κ1) is 12.9. The quantitative estimate of drug-likeness (QED) is 0.362. The minimum Gasteiger partial charge on any atom is -0.379 e. The van der Waals surface area contributed by atoms with Crippen molar-refractivity contribution in [2.24, 2.45) is 0 Å². The predicted octanol–water partition coefficient (Wildman–Crippen LogP) is 2.61. The molecule has 0 spiro atoms. The van der Waals surface area contributed by atoms with Crippen LogP contribution in [0, 0.1) is 0 Å². The van der Waals surface area contributed by atoms with E-state index in [2.05, 4.69) is 0 Å². The number of alkyl halides is 1. The van der Waals surface area contributed by atoms with Gasteiger partial charge in [-0.05, 0) is 20.3 Å². The second kappa shape index (κ2) is 7.36. The normalized spacial score (nSPS) is 12.6. The van der Waals surface area contributed by atoms with Gasteiger partial charge in [-0.2, -0.15) is 0 Å². The Hall–Kier alpha value is -0.0500. The van der Waals surface area contributed by atoms with Crippen LogP contribution in [0.4, 0.5) is 0 Å². The number of rotatable bonds is 7. The molecule has 2 nitrogen and oxygen atoms in total. The van der Waals surface area contributed by atoms with Crippen LogP contribution in [0.15, 0.2) is 12.2 Å². The molecule has 0 aliphatic carbocycles. The lowest BCUT2D eigenvalue weighted by atomic mass is 10.1. The number of halogens is 1. The van der Waals surface area contributed by atoms with E-state index in [4.69, 9.17) is 21.1 Å². The highest BCUT2D eigenvalue weighted by molar-refractivity contribution is 6.18. The van der Waals surface area contributed by atoms with Gasteiger partial charge in [0.15, 0.2) is 0 Å². The third-order valence-corrected chi connectivity index (χ3v) is 2.05. The second-order valence-corrected chi connectivity index (χ2v) is 3.72. The van der Waals surface area contributed by atoms with Crippen LogP contribution in [-0.4, -0.2) is 31.8 Å². The van der Waals surface area contributed by atoms with Crippen LogP contribution < -0.4 is 0 Å². The van der Waals surface area contributed by atoms with Crippen LogP contribution in [0.1, 0.15) is 20.3 Å². The molecule has 0 rings (SSSR count). The van der Waals surface area contributed by atoms with Crippen molar-refractivity contribution >= 4 is 11.6 Å². The van der Waals surface area contributed by atoms with E-state index in [1.165, 1.54) is 0 Å². The third-order valence-electron chi connectivity index (χ3n) is 1.87. The maximum absolute atomic E-state index is 5.45. The minimum absolute atomic E-state index is 0.0871. The summed E-state index contributed by atoms with van der Waals surface area (Å²) in [7, 11) is 1.72. The SMILES string of the molecule is COC(C)(C)CCOC/C=C/CCl. The van der Waals surface area contributed by atoms with Gasteiger partial charge in [0.05, 0.1) is 12.2 Å². The Labute approximate surface area is 85.9 Å². The number of ether oxygens (including phenoxy) is 2. The summed E-state index contributed by atoms with van der Waals surface area (Å²) in [6.45, 7) is 5.44. The smallest absolute Gasteiger partial charge is 0.0647 e. The molecule has 0 aliphatic rings. The van der Waals surface area contributed by atoms with Gasteiger partial charge in [0.2, 0.25) is 0 Å². The molecule has 0 aliphatic heterocycles. The zero-order valence-corrected chi connectivity index (χ0v) is 9.43. The summed E-state index contributed by atoms with van der Waals surface area (Å²) in [4.78, 5) is 0. The summed E-state index contributed by atoms with van der Waals surface area (Å²) in [5, 5.41) is 0. The zero-order valence-electron chi connectivity index (χ0n) is 8.68. The predicted molar refractivity (Wildman–Crippen MR) is 56.4 cm³/mol. The van der Waals surface area contributed by atoms with Crippen LogP contribution in [0.25, 0.3) is 0 Å². The van der Waals surface area contributed by atoms with Crippen molar-refractivity contribution in [1.82, 2.24) is 0 Å². The maximum atomic E-state index is 5.45. The Kier molecular flexibility index (Phi) is 7.33. The molecule has 0 aromatic carbocycles. The summed E-state index contributed by atoms with van der Waals surface area (Å²) in [6, 6.07) is 0. The zero-order chi connectivity index (χ0) is 10.2. The van der Waals surface area contributed by atoms with Gasteiger partial charge in [-0.25, -0.2) is 0 Å². The largest absolute Gasteiger partial charge is 0.379 e. The highest BCUT2D eigenvalue weighted by Crippen LogP contribution is 2.12. The second-order valence-electron chi connectivity index (χ2n) is 3.41. The van der Waals surface area contributed by atoms with Crippen LogP contribution in [-0.2, 0) is 9.47 Å². The third kappa shape index (κ3) is 8.28. The lowest BCUT2D eigenvalue weighted by Gasteiger charge is -2.22. The van der Waals surface area contributed by atoms with Crippen LogP contribution >= 0.6 is 11.6 Å². The fraction of sp³-hybridized carbons (Fsp3) is 0.800. The van der Waals surface area contributed by atoms with Gasteiger partial charge in [-0.3, -0.25) is 0 Å². The molecule has 0 bridgehead atoms. The standard InChI is InChI=1S/C10H19ClO2/c1-10(2,12-3)6-9-13-8-5-4-7-11/h4-5H,6-9H2,1-3H3/b5-4+. The van der Waals surface area contributed by atoms with Crippen molar-refractivity contribution in [3.8, 4) is 0 Å². The first-order chi connectivity index (χ1) is 6.12. The van der Waals surface area contributed by atoms with Gasteiger partial charge in [0.1, 0.15) is 0 Å². The molecule has 0 unspecified atom stereocenters. The average Bonchev–Trinajstić information content (AvgIpc) is 2.11. The average molecular weight is 207 g/mol. The molecule has 0 N–H and O–H groups in total. The lowest BCUT2D eigenvalue weighted by molar-refractivity contribution is -0.00654. The van der Waals surface area contributed by atoms with Gasteiger partial charge in [-0.1, -0.05) is 12.2 Å². The van der Waals surface area contributed by atoms with E-state index in [1.54, 1.807) is 7.11 Å². The number of allylic oxidation sites excluding steroid dienone is 1. The molecular formula is C10H19ClO2. The van der Waals surface area contributed by atoms with Crippen molar-refractivity contribution in [2.45, 2.75) is 25.9 Å². The van der Waals surface area contributed by atoms with E-state index in [-0.39, 0.29) is 5.60 Å². The van der Waals surface area contributed by atoms with Crippen LogP contribution in [0.3, 0.4) is 0 Å². The van der Waals surface area contributed by atoms with Crippen molar-refractivity contribution < 1.29 is 9.47 Å². The van der Waals surface area contributed by atoms with E-state index < -0.39 is 0 Å². The number of hydrogen-bond acceptors (Lipinski definition) is 2. The number of hydrogen-bond donors (Lipinski definition) is 0. The van der Waals surface area contributed by atoms with Crippen molar-refractivity contribution in [1.29, 1.82) is 0 Å². The fourth-order valence-electron chi connectivity index (χ4n) is 0.702. The van der Waals surface area contributed by atoms with Crippen molar-refractivity contribution in [3.63, 3.8) is 0 Å². The molecule has 0 heterocycles. The molecular weight excluding hydrogens is 188 g/mol. The fourth-order valence-corrected chi connectivity index (χ4v) is 0.828. The molecule has 0 aromatic rings. The molecule has 0 radical (unpaired) electrons. The van der Waals surface area contributed by atoms with Crippen LogP contribution in [0.2, 0.25) is 0 Å². The van der Waals surface area contributed by atoms with Gasteiger partial charge in [0, 0.05) is 19.6 Å². The molecule has 13 heavy (non-hydrogen) atoms. The van der Waals surface area contributed by atoms with Gasteiger partial charge in [0.25, 0.3) is 0 Å². The molecule has 0 amide bonds. The molecule has 78 valence electrons. The molecule has 3 heteroatoms. The first-order valence-corrected chi connectivity index (χ1v) is 4.99. The molecule has 0 atom stereocenters. The Morgan fingerprint density at radius 2 is 2.00 bits per heavy atom. The lowest BCUT2D eigenvalue weighted by Crippen LogP contribution is -2.24. The van der Waals surface area contributed by atoms with Gasteiger partial charge in [-0.15, -0.1) is 11.6 Å². The Bertz CT molecular complexity index is 144. The highest BCUT2D eigenvalue weighted by atomic mass is 35.5. The van der Waals surface area contributed by atoms with E-state index in [0.717, 1.165) is 6.42 Å². The summed E-state index contributed by atoms with van der Waals surface area (Å²) in [5.74, 6) is 0.549. The summed E-state index contributed by atoms with van der Waals surface area (Å²) in [6.07, 6.45) is 4.70. The van der Waals surface area contributed by atoms with Gasteiger partial charge < -0.3 is 9.47 Å². The van der Waals surface area contributed by atoms with E-state index in [9.17, 15) is 0 Å². The Balaban J connectivity index is 3.30. The molecule has 0 fully saturated rings.